The van der Waals surface area contributed by atoms with E-state index in [0.717, 1.165) is 24.1 Å². The van der Waals surface area contributed by atoms with Crippen LogP contribution in [0.5, 0.6) is 11.5 Å². The van der Waals surface area contributed by atoms with Crippen LogP contribution in [0.25, 0.3) is 0 Å². The first-order valence-electron chi connectivity index (χ1n) is 12.5. The molecule has 4 aliphatic rings. The van der Waals surface area contributed by atoms with Gasteiger partial charge in [0.15, 0.2) is 0 Å². The van der Waals surface area contributed by atoms with E-state index in [9.17, 15) is 0 Å². The van der Waals surface area contributed by atoms with Gasteiger partial charge in [-0.3, -0.25) is 0 Å². The lowest BCUT2D eigenvalue weighted by molar-refractivity contribution is 0.180. The molecule has 6 nitrogen and oxygen atoms in total. The number of para-hydroxylation sites is 1. The Kier molecular flexibility index (Phi) is 5.30. The van der Waals surface area contributed by atoms with Crippen LogP contribution in [0.2, 0.25) is 0 Å². The Morgan fingerprint density at radius 3 is 2.21 bits per heavy atom. The van der Waals surface area contributed by atoms with Crippen molar-refractivity contribution in [3.05, 3.63) is 77.7 Å². The largest absolute Gasteiger partial charge is 0.457 e. The normalized spacial score (nSPS) is 27.2. The van der Waals surface area contributed by atoms with Gasteiger partial charge in [-0.05, 0) is 81.4 Å². The zero-order valence-electron chi connectivity index (χ0n) is 19.7. The zero-order valence-corrected chi connectivity index (χ0v) is 19.7. The van der Waals surface area contributed by atoms with Crippen LogP contribution in [-0.2, 0) is 5.41 Å². The molecular formula is C28H33N5O. The average molecular weight is 456 g/mol. The first-order chi connectivity index (χ1) is 16.3. The van der Waals surface area contributed by atoms with Crippen LogP contribution in [0.3, 0.4) is 0 Å². The molecule has 1 saturated carbocycles. The number of hydrogen-bond acceptors (Lipinski definition) is 6. The third-order valence-corrected chi connectivity index (χ3v) is 8.37. The molecule has 2 aliphatic carbocycles. The number of hydrogen-bond donors (Lipinski definition) is 1. The molecule has 34 heavy (non-hydrogen) atoms. The first kappa shape index (κ1) is 21.6. The summed E-state index contributed by atoms with van der Waals surface area (Å²) in [5.41, 5.74) is 3.84. The third-order valence-electron chi connectivity index (χ3n) is 8.37. The maximum Gasteiger partial charge on any atom is 0.137 e. The fourth-order valence-corrected chi connectivity index (χ4v) is 6.63. The van der Waals surface area contributed by atoms with E-state index in [1.54, 1.807) is 6.33 Å². The topological polar surface area (TPSA) is 76.5 Å². The summed E-state index contributed by atoms with van der Waals surface area (Å²) in [7, 11) is 0. The molecule has 2 aromatic carbocycles. The lowest BCUT2D eigenvalue weighted by Crippen LogP contribution is -2.45. The van der Waals surface area contributed by atoms with Gasteiger partial charge in [0.05, 0.1) is 11.1 Å². The molecule has 0 bridgehead atoms. The van der Waals surface area contributed by atoms with Crippen molar-refractivity contribution in [2.75, 3.05) is 24.5 Å². The predicted octanol–water partition coefficient (Wildman–Crippen LogP) is 5.31. The maximum absolute atomic E-state index is 6.02. The Morgan fingerprint density at radius 2 is 1.47 bits per heavy atom. The lowest BCUT2D eigenvalue weighted by Gasteiger charge is -2.40. The van der Waals surface area contributed by atoms with E-state index in [2.05, 4.69) is 39.0 Å². The number of aromatic nitrogens is 2. The molecular weight excluding hydrogens is 422 g/mol. The number of rotatable bonds is 5. The van der Waals surface area contributed by atoms with Gasteiger partial charge in [0, 0.05) is 24.2 Å². The number of nitrogens with zero attached hydrogens (tertiary/aromatic N) is 4. The highest BCUT2D eigenvalue weighted by Crippen LogP contribution is 2.62. The van der Waals surface area contributed by atoms with Gasteiger partial charge in [0.25, 0.3) is 0 Å². The van der Waals surface area contributed by atoms with Crippen LogP contribution in [0, 0.1) is 0 Å². The zero-order chi connectivity index (χ0) is 21.8. The molecule has 3 heterocycles. The Morgan fingerprint density at radius 1 is 0.794 bits per heavy atom. The van der Waals surface area contributed by atoms with E-state index in [-0.39, 0.29) is 11.6 Å². The highest BCUT2D eigenvalue weighted by Gasteiger charge is 2.63. The average Bonchev–Trinajstić information content (AvgIpc) is 3.19. The van der Waals surface area contributed by atoms with E-state index >= 15 is 0 Å². The SMILES string of the molecule is N.c1ccc(Oc2ccc(C34CN(C5CCC(N6CCCC6)CC5)c5ncnc3c54)cc2)cc1. The van der Waals surface area contributed by atoms with Crippen molar-refractivity contribution < 1.29 is 4.74 Å². The van der Waals surface area contributed by atoms with E-state index in [0.29, 0.717) is 6.04 Å². The Bertz CT molecular complexity index is 1150. The summed E-state index contributed by atoms with van der Waals surface area (Å²) in [6.07, 6.45) is 9.75. The number of benzene rings is 2. The number of likely N-dealkylation sites (tertiary alicyclic amines) is 1. The first-order valence-corrected chi connectivity index (χ1v) is 12.5. The van der Waals surface area contributed by atoms with Crippen molar-refractivity contribution in [3.63, 3.8) is 0 Å². The van der Waals surface area contributed by atoms with Gasteiger partial charge in [-0.25, -0.2) is 9.97 Å². The second kappa shape index (κ2) is 8.36. The standard InChI is InChI=1S/C28H30N4O.H3N/c1-2-6-23(7-3-1)33-24-14-8-20(9-15-24)28-18-32(27-25(28)26(28)29-19-30-27)22-12-10-21(11-13-22)31-16-4-5-17-31;/h1-3,6-9,14-15,19,21-22H,4-5,10-13,16-18H2;1H3. The van der Waals surface area contributed by atoms with Crippen molar-refractivity contribution >= 4 is 5.82 Å². The van der Waals surface area contributed by atoms with Crippen LogP contribution in [0.1, 0.15) is 55.3 Å². The fraction of sp³-hybridized carbons (Fsp3) is 0.429. The number of fused-ring (bicyclic) bond motifs is 1. The van der Waals surface area contributed by atoms with Crippen LogP contribution in [-0.4, -0.2) is 46.6 Å². The van der Waals surface area contributed by atoms with Crippen LogP contribution >= 0.6 is 0 Å². The molecule has 2 fully saturated rings. The van der Waals surface area contributed by atoms with Crippen molar-refractivity contribution in [1.82, 2.24) is 21.0 Å². The summed E-state index contributed by atoms with van der Waals surface area (Å²) in [4.78, 5) is 14.8. The van der Waals surface area contributed by atoms with Gasteiger partial charge in [-0.15, -0.1) is 0 Å². The van der Waals surface area contributed by atoms with Gasteiger partial charge < -0.3 is 20.7 Å². The summed E-state index contributed by atoms with van der Waals surface area (Å²) in [6.45, 7) is 3.61. The van der Waals surface area contributed by atoms with E-state index in [1.165, 1.54) is 74.3 Å². The van der Waals surface area contributed by atoms with Crippen LogP contribution < -0.4 is 15.8 Å². The molecule has 6 heteroatoms. The van der Waals surface area contributed by atoms with Crippen molar-refractivity contribution in [2.45, 2.75) is 56.0 Å². The molecule has 3 aromatic rings. The third kappa shape index (κ3) is 3.31. The molecule has 7 rings (SSSR count). The molecule has 1 unspecified atom stereocenters. The van der Waals surface area contributed by atoms with Gasteiger partial charge in [0.2, 0.25) is 0 Å². The molecule has 176 valence electrons. The molecule has 0 amide bonds. The molecule has 3 N–H and O–H groups in total. The summed E-state index contributed by atoms with van der Waals surface area (Å²) in [6, 6.07) is 20.0. The lowest BCUT2D eigenvalue weighted by atomic mass is 9.88. The second-order valence-electron chi connectivity index (χ2n) is 10.1. The summed E-state index contributed by atoms with van der Waals surface area (Å²) in [5, 5.41) is 0. The Hall–Kier alpha value is -2.96. The van der Waals surface area contributed by atoms with Crippen molar-refractivity contribution in [1.29, 1.82) is 0 Å². The number of anilines is 1. The van der Waals surface area contributed by atoms with Gasteiger partial charge in [0.1, 0.15) is 23.6 Å². The monoisotopic (exact) mass is 455 g/mol. The van der Waals surface area contributed by atoms with E-state index in [4.69, 9.17) is 9.72 Å². The Labute approximate surface area is 201 Å². The van der Waals surface area contributed by atoms with E-state index < -0.39 is 0 Å². The van der Waals surface area contributed by atoms with Crippen molar-refractivity contribution in [2.24, 2.45) is 0 Å². The molecule has 2 aliphatic heterocycles. The van der Waals surface area contributed by atoms with Crippen LogP contribution in [0.15, 0.2) is 60.9 Å². The van der Waals surface area contributed by atoms with Gasteiger partial charge in [-0.2, -0.15) is 0 Å². The minimum absolute atomic E-state index is 0. The molecule has 1 aromatic heterocycles. The van der Waals surface area contributed by atoms with Crippen molar-refractivity contribution in [3.8, 4) is 11.5 Å². The van der Waals surface area contributed by atoms with Crippen LogP contribution in [0.4, 0.5) is 5.82 Å². The summed E-state index contributed by atoms with van der Waals surface area (Å²) >= 11 is 0. The summed E-state index contributed by atoms with van der Waals surface area (Å²) < 4.78 is 6.02. The second-order valence-corrected chi connectivity index (χ2v) is 10.1. The highest BCUT2D eigenvalue weighted by molar-refractivity contribution is 5.80. The predicted molar refractivity (Wildman–Crippen MR) is 134 cm³/mol. The quantitative estimate of drug-likeness (QED) is 0.562. The highest BCUT2D eigenvalue weighted by atomic mass is 16.5. The van der Waals surface area contributed by atoms with E-state index in [1.807, 2.05) is 30.3 Å². The summed E-state index contributed by atoms with van der Waals surface area (Å²) in [5.74, 6) is 2.92. The smallest absolute Gasteiger partial charge is 0.137 e. The number of ether oxygens (including phenoxy) is 1. The van der Waals surface area contributed by atoms with Gasteiger partial charge in [-0.1, -0.05) is 30.3 Å². The molecule has 1 saturated heterocycles. The Balaban J connectivity index is 0.00000217. The molecule has 1 atom stereocenters. The molecule has 0 radical (unpaired) electrons. The minimum Gasteiger partial charge on any atom is -0.457 e. The van der Waals surface area contributed by atoms with Gasteiger partial charge >= 0.3 is 0 Å². The minimum atomic E-state index is -0.0666. The molecule has 0 spiro atoms. The fourth-order valence-electron chi connectivity index (χ4n) is 6.63. The maximum atomic E-state index is 6.02.